The number of rotatable bonds is 5. The molecule has 0 spiro atoms. The lowest BCUT2D eigenvalue weighted by Gasteiger charge is -2.08. The van der Waals surface area contributed by atoms with Crippen molar-refractivity contribution in [3.8, 4) is 5.75 Å². The van der Waals surface area contributed by atoms with Gasteiger partial charge in [0.05, 0.1) is 6.26 Å². The van der Waals surface area contributed by atoms with Gasteiger partial charge in [-0.15, -0.1) is 0 Å². The highest BCUT2D eigenvalue weighted by molar-refractivity contribution is 9.10. The van der Waals surface area contributed by atoms with Crippen molar-refractivity contribution in [1.29, 1.82) is 0 Å². The molecule has 0 fully saturated rings. The van der Waals surface area contributed by atoms with E-state index >= 15 is 0 Å². The zero-order chi connectivity index (χ0) is 18.6. The fraction of sp³-hybridized carbons (Fsp3) is 0.0476. The number of esters is 1. The molecular weight excluding hydrogens is 410 g/mol. The number of benzene rings is 2. The molecule has 0 bridgehead atoms. The fourth-order valence-corrected chi connectivity index (χ4v) is 2.91. The number of nitrogens with zero attached hydrogens (tertiary/aromatic N) is 1. The van der Waals surface area contributed by atoms with Crippen molar-refractivity contribution in [2.75, 3.05) is 0 Å². The maximum atomic E-state index is 12.0. The van der Waals surface area contributed by atoms with Crippen LogP contribution in [0.3, 0.4) is 0 Å². The van der Waals surface area contributed by atoms with Crippen molar-refractivity contribution < 1.29 is 18.7 Å². The first-order valence-corrected chi connectivity index (χ1v) is 9.01. The third-order valence-electron chi connectivity index (χ3n) is 3.89. The minimum atomic E-state index is -0.504. The van der Waals surface area contributed by atoms with E-state index in [1.165, 1.54) is 6.26 Å². The molecule has 2 aromatic carbocycles. The van der Waals surface area contributed by atoms with Crippen molar-refractivity contribution in [3.05, 3.63) is 94.0 Å². The first-order chi connectivity index (χ1) is 13.2. The summed E-state index contributed by atoms with van der Waals surface area (Å²) in [6.45, 7) is 0.463. The largest absolute Gasteiger partial charge is 0.489 e. The molecule has 1 aliphatic heterocycles. The first kappa shape index (κ1) is 17.3. The molecule has 27 heavy (non-hydrogen) atoms. The average Bonchev–Trinajstić information content (AvgIpc) is 3.33. The number of furan rings is 1. The third-order valence-corrected chi connectivity index (χ3v) is 4.66. The van der Waals surface area contributed by atoms with E-state index in [2.05, 4.69) is 20.9 Å². The SMILES string of the molecule is O=C1OC(c2ccco2)=N/C1=C\c1ccc(OCc2ccccc2Br)cc1. The Bertz CT molecular complexity index is 1020. The Morgan fingerprint density at radius 3 is 2.59 bits per heavy atom. The zero-order valence-electron chi connectivity index (χ0n) is 14.1. The topological polar surface area (TPSA) is 61.0 Å². The molecular formula is C21H14BrNO4. The summed E-state index contributed by atoms with van der Waals surface area (Å²) >= 11 is 3.50. The van der Waals surface area contributed by atoms with E-state index in [4.69, 9.17) is 13.9 Å². The molecule has 0 atom stereocenters. The lowest BCUT2D eigenvalue weighted by Crippen LogP contribution is -2.04. The van der Waals surface area contributed by atoms with Crippen LogP contribution in [0.4, 0.5) is 0 Å². The first-order valence-electron chi connectivity index (χ1n) is 8.22. The third kappa shape index (κ3) is 4.01. The number of hydrogen-bond donors (Lipinski definition) is 0. The number of aliphatic imine (C=N–C) groups is 1. The van der Waals surface area contributed by atoms with Crippen LogP contribution in [0.1, 0.15) is 16.9 Å². The van der Waals surface area contributed by atoms with Crippen molar-refractivity contribution in [2.45, 2.75) is 6.61 Å². The van der Waals surface area contributed by atoms with Gasteiger partial charge in [0, 0.05) is 10.0 Å². The Labute approximate surface area is 164 Å². The van der Waals surface area contributed by atoms with Crippen molar-refractivity contribution in [2.24, 2.45) is 4.99 Å². The van der Waals surface area contributed by atoms with Crippen molar-refractivity contribution in [1.82, 2.24) is 0 Å². The van der Waals surface area contributed by atoms with E-state index in [1.54, 1.807) is 18.2 Å². The van der Waals surface area contributed by atoms with E-state index in [0.717, 1.165) is 21.3 Å². The maximum absolute atomic E-state index is 12.0. The van der Waals surface area contributed by atoms with Gasteiger partial charge < -0.3 is 13.9 Å². The number of carbonyl (C=O) groups excluding carboxylic acids is 1. The van der Waals surface area contributed by atoms with Crippen LogP contribution in [0.15, 0.2) is 86.5 Å². The summed E-state index contributed by atoms with van der Waals surface area (Å²) < 4.78 is 17.1. The van der Waals surface area contributed by atoms with Crippen LogP contribution < -0.4 is 4.74 Å². The molecule has 1 aliphatic rings. The minimum Gasteiger partial charge on any atom is -0.489 e. The summed E-state index contributed by atoms with van der Waals surface area (Å²) in [6, 6.07) is 18.7. The van der Waals surface area contributed by atoms with E-state index in [1.807, 2.05) is 48.5 Å². The number of ether oxygens (including phenoxy) is 2. The van der Waals surface area contributed by atoms with E-state index < -0.39 is 5.97 Å². The molecule has 2 heterocycles. The average molecular weight is 424 g/mol. The van der Waals surface area contributed by atoms with Gasteiger partial charge in [-0.2, -0.15) is 0 Å². The lowest BCUT2D eigenvalue weighted by molar-refractivity contribution is -0.130. The fourth-order valence-electron chi connectivity index (χ4n) is 2.51. The predicted molar refractivity (Wildman–Crippen MR) is 104 cm³/mol. The normalized spacial score (nSPS) is 14.9. The van der Waals surface area contributed by atoms with Gasteiger partial charge in [-0.05, 0) is 42.0 Å². The molecule has 134 valence electrons. The quantitative estimate of drug-likeness (QED) is 0.429. The Hall–Kier alpha value is -3.12. The van der Waals surface area contributed by atoms with Gasteiger partial charge in [-0.1, -0.05) is 46.3 Å². The summed E-state index contributed by atoms with van der Waals surface area (Å²) in [5.41, 5.74) is 2.11. The molecule has 6 heteroatoms. The maximum Gasteiger partial charge on any atom is 0.363 e. The molecule has 3 aromatic rings. The van der Waals surface area contributed by atoms with E-state index in [-0.39, 0.29) is 11.6 Å². The Morgan fingerprint density at radius 1 is 1.04 bits per heavy atom. The Morgan fingerprint density at radius 2 is 1.85 bits per heavy atom. The van der Waals surface area contributed by atoms with Crippen LogP contribution in [0.2, 0.25) is 0 Å². The van der Waals surface area contributed by atoms with Crippen LogP contribution >= 0.6 is 15.9 Å². The standard InChI is InChI=1S/C21H14BrNO4/c22-17-5-2-1-4-15(17)13-26-16-9-7-14(8-10-16)12-18-21(24)27-20(23-18)19-6-3-11-25-19/h1-12H,13H2/b18-12-. The molecule has 0 saturated heterocycles. The molecule has 0 amide bonds. The van der Waals surface area contributed by atoms with Crippen molar-refractivity contribution >= 4 is 33.9 Å². The van der Waals surface area contributed by atoms with Crippen LogP contribution in [-0.4, -0.2) is 11.9 Å². The number of halogens is 1. The second-order valence-electron chi connectivity index (χ2n) is 5.76. The second-order valence-corrected chi connectivity index (χ2v) is 6.62. The number of carbonyl (C=O) groups is 1. The Balaban J connectivity index is 1.45. The molecule has 0 radical (unpaired) electrons. The number of cyclic esters (lactones) is 1. The predicted octanol–water partition coefficient (Wildman–Crippen LogP) is 4.97. The van der Waals surface area contributed by atoms with Gasteiger partial charge in [0.2, 0.25) is 0 Å². The summed E-state index contributed by atoms with van der Waals surface area (Å²) in [7, 11) is 0. The molecule has 0 aliphatic carbocycles. The van der Waals surface area contributed by atoms with Gasteiger partial charge in [-0.3, -0.25) is 0 Å². The van der Waals surface area contributed by atoms with Crippen LogP contribution in [0.5, 0.6) is 5.75 Å². The van der Waals surface area contributed by atoms with Crippen molar-refractivity contribution in [3.63, 3.8) is 0 Å². The monoisotopic (exact) mass is 423 g/mol. The van der Waals surface area contributed by atoms with Gasteiger partial charge in [0.25, 0.3) is 5.90 Å². The zero-order valence-corrected chi connectivity index (χ0v) is 15.7. The van der Waals surface area contributed by atoms with Gasteiger partial charge in [-0.25, -0.2) is 9.79 Å². The molecule has 0 N–H and O–H groups in total. The van der Waals surface area contributed by atoms with Crippen LogP contribution in [0.25, 0.3) is 6.08 Å². The molecule has 4 rings (SSSR count). The second kappa shape index (κ2) is 7.63. The minimum absolute atomic E-state index is 0.171. The summed E-state index contributed by atoms with van der Waals surface area (Å²) in [6.07, 6.45) is 3.16. The Kier molecular flexibility index (Phi) is 4.89. The number of hydrogen-bond acceptors (Lipinski definition) is 5. The molecule has 0 saturated carbocycles. The molecule has 5 nitrogen and oxygen atoms in total. The highest BCUT2D eigenvalue weighted by atomic mass is 79.9. The molecule has 0 unspecified atom stereocenters. The molecule has 1 aromatic heterocycles. The van der Waals surface area contributed by atoms with Crippen LogP contribution in [0, 0.1) is 0 Å². The smallest absolute Gasteiger partial charge is 0.363 e. The summed E-state index contributed by atoms with van der Waals surface area (Å²) in [5.74, 6) is 0.824. The van der Waals surface area contributed by atoms with Gasteiger partial charge >= 0.3 is 5.97 Å². The lowest BCUT2D eigenvalue weighted by atomic mass is 10.2. The van der Waals surface area contributed by atoms with E-state index in [9.17, 15) is 4.79 Å². The van der Waals surface area contributed by atoms with Gasteiger partial charge in [0.15, 0.2) is 11.5 Å². The van der Waals surface area contributed by atoms with Crippen LogP contribution in [-0.2, 0) is 16.1 Å². The summed E-state index contributed by atoms with van der Waals surface area (Å²) in [5, 5.41) is 0. The van der Waals surface area contributed by atoms with Gasteiger partial charge in [0.1, 0.15) is 12.4 Å². The summed E-state index contributed by atoms with van der Waals surface area (Å²) in [4.78, 5) is 16.2. The highest BCUT2D eigenvalue weighted by Gasteiger charge is 2.25. The van der Waals surface area contributed by atoms with E-state index in [0.29, 0.717) is 12.4 Å². The highest BCUT2D eigenvalue weighted by Crippen LogP contribution is 2.22.